The molecule has 134 valence electrons. The molecule has 0 saturated carbocycles. The van der Waals surface area contributed by atoms with Crippen molar-refractivity contribution in [3.8, 4) is 11.4 Å². The second-order valence-corrected chi connectivity index (χ2v) is 6.96. The minimum Gasteiger partial charge on any atom is -0.399 e. The van der Waals surface area contributed by atoms with E-state index in [0.717, 1.165) is 11.1 Å². The Morgan fingerprint density at radius 3 is 2.78 bits per heavy atom. The predicted octanol–water partition coefficient (Wildman–Crippen LogP) is 2.85. The normalized spacial score (nSPS) is 10.8. The Bertz CT molecular complexity index is 1130. The first-order valence-electron chi connectivity index (χ1n) is 8.20. The number of carbonyl (C=O) groups excluding carboxylic acids is 1. The summed E-state index contributed by atoms with van der Waals surface area (Å²) in [6, 6.07) is 12.7. The second kappa shape index (κ2) is 7.00. The van der Waals surface area contributed by atoms with Crippen molar-refractivity contribution < 1.29 is 4.79 Å². The third kappa shape index (κ3) is 3.56. The van der Waals surface area contributed by atoms with Crippen molar-refractivity contribution in [3.05, 3.63) is 65.3 Å². The van der Waals surface area contributed by atoms with Gasteiger partial charge in [-0.2, -0.15) is 0 Å². The number of rotatable bonds is 4. The van der Waals surface area contributed by atoms with Crippen molar-refractivity contribution in [1.82, 2.24) is 20.3 Å². The van der Waals surface area contributed by atoms with Crippen molar-refractivity contribution in [2.45, 2.75) is 6.54 Å². The maximum absolute atomic E-state index is 12.5. The lowest BCUT2D eigenvalue weighted by Crippen LogP contribution is -2.21. The number of amides is 1. The SMILES string of the molecule is Nc1cccc(-c2nc(N)c3cc(C(=O)NCc4cccnc4)sc3n2)c1. The van der Waals surface area contributed by atoms with Crippen LogP contribution in [0.1, 0.15) is 15.2 Å². The van der Waals surface area contributed by atoms with Crippen molar-refractivity contribution >= 4 is 39.0 Å². The van der Waals surface area contributed by atoms with E-state index in [-0.39, 0.29) is 5.91 Å². The Morgan fingerprint density at radius 2 is 2.00 bits per heavy atom. The third-order valence-corrected chi connectivity index (χ3v) is 4.99. The van der Waals surface area contributed by atoms with Crippen LogP contribution >= 0.6 is 11.3 Å². The Labute approximate surface area is 159 Å². The molecule has 0 aliphatic rings. The van der Waals surface area contributed by atoms with Gasteiger partial charge in [0.05, 0.1) is 10.3 Å². The fraction of sp³-hybridized carbons (Fsp3) is 0.0526. The van der Waals surface area contributed by atoms with Crippen LogP contribution in [0, 0.1) is 0 Å². The lowest BCUT2D eigenvalue weighted by atomic mass is 10.2. The first-order valence-corrected chi connectivity index (χ1v) is 9.02. The molecule has 27 heavy (non-hydrogen) atoms. The van der Waals surface area contributed by atoms with Crippen LogP contribution in [0.3, 0.4) is 0 Å². The van der Waals surface area contributed by atoms with Crippen LogP contribution in [-0.4, -0.2) is 20.9 Å². The summed E-state index contributed by atoms with van der Waals surface area (Å²) in [6.07, 6.45) is 3.41. The summed E-state index contributed by atoms with van der Waals surface area (Å²) in [6.45, 7) is 0.399. The van der Waals surface area contributed by atoms with Crippen LogP contribution in [0.25, 0.3) is 21.6 Å². The first-order chi connectivity index (χ1) is 13.1. The molecule has 5 N–H and O–H groups in total. The summed E-state index contributed by atoms with van der Waals surface area (Å²) >= 11 is 1.28. The lowest BCUT2D eigenvalue weighted by Gasteiger charge is -2.03. The number of hydrogen-bond donors (Lipinski definition) is 3. The standard InChI is InChI=1S/C19H16N6OS/c20-13-5-1-4-12(7-13)17-24-16(21)14-8-15(27-19(14)25-17)18(26)23-10-11-3-2-6-22-9-11/h1-9H,10,20H2,(H,23,26)(H2,21,24,25). The molecular weight excluding hydrogens is 360 g/mol. The Morgan fingerprint density at radius 1 is 1.11 bits per heavy atom. The van der Waals surface area contributed by atoms with Gasteiger partial charge in [0.25, 0.3) is 5.91 Å². The molecule has 7 nitrogen and oxygen atoms in total. The smallest absolute Gasteiger partial charge is 0.261 e. The summed E-state index contributed by atoms with van der Waals surface area (Å²) in [4.78, 5) is 26.6. The monoisotopic (exact) mass is 376 g/mol. The second-order valence-electron chi connectivity index (χ2n) is 5.93. The highest BCUT2D eigenvalue weighted by Gasteiger charge is 2.15. The quantitative estimate of drug-likeness (QED) is 0.471. The van der Waals surface area contributed by atoms with E-state index < -0.39 is 0 Å². The number of nitrogen functional groups attached to an aromatic ring is 2. The van der Waals surface area contributed by atoms with Gasteiger partial charge in [-0.05, 0) is 29.8 Å². The topological polar surface area (TPSA) is 120 Å². The average molecular weight is 376 g/mol. The highest BCUT2D eigenvalue weighted by Crippen LogP contribution is 2.30. The maximum atomic E-state index is 12.5. The first kappa shape index (κ1) is 16.9. The van der Waals surface area contributed by atoms with Crippen LogP contribution in [0.5, 0.6) is 0 Å². The van der Waals surface area contributed by atoms with Crippen molar-refractivity contribution in [1.29, 1.82) is 0 Å². The van der Waals surface area contributed by atoms with Gasteiger partial charge in [-0.15, -0.1) is 11.3 Å². The zero-order valence-corrected chi connectivity index (χ0v) is 15.0. The van der Waals surface area contributed by atoms with Gasteiger partial charge < -0.3 is 16.8 Å². The molecule has 0 radical (unpaired) electrons. The molecular formula is C19H16N6OS. The van der Waals surface area contributed by atoms with E-state index >= 15 is 0 Å². The summed E-state index contributed by atoms with van der Waals surface area (Å²) in [5, 5.41) is 3.54. The highest BCUT2D eigenvalue weighted by molar-refractivity contribution is 7.20. The van der Waals surface area contributed by atoms with Gasteiger partial charge in [-0.3, -0.25) is 9.78 Å². The largest absolute Gasteiger partial charge is 0.399 e. The van der Waals surface area contributed by atoms with E-state index in [1.807, 2.05) is 24.3 Å². The molecule has 0 atom stereocenters. The zero-order valence-electron chi connectivity index (χ0n) is 14.2. The highest BCUT2D eigenvalue weighted by atomic mass is 32.1. The molecule has 0 saturated heterocycles. The number of hydrogen-bond acceptors (Lipinski definition) is 7. The number of anilines is 2. The molecule has 1 aromatic carbocycles. The molecule has 8 heteroatoms. The molecule has 3 heterocycles. The van der Waals surface area contributed by atoms with Gasteiger partial charge in [-0.25, -0.2) is 9.97 Å². The van der Waals surface area contributed by atoms with Gasteiger partial charge in [0, 0.05) is 30.2 Å². The number of nitrogens with two attached hydrogens (primary N) is 2. The van der Waals surface area contributed by atoms with E-state index in [2.05, 4.69) is 20.3 Å². The molecule has 0 unspecified atom stereocenters. The van der Waals surface area contributed by atoms with Gasteiger partial charge in [0.1, 0.15) is 10.6 Å². The van der Waals surface area contributed by atoms with Gasteiger partial charge in [0.2, 0.25) is 0 Å². The van der Waals surface area contributed by atoms with Crippen molar-refractivity contribution in [2.24, 2.45) is 0 Å². The summed E-state index contributed by atoms with van der Waals surface area (Å²) < 4.78 is 0. The average Bonchev–Trinajstić information content (AvgIpc) is 3.12. The maximum Gasteiger partial charge on any atom is 0.261 e. The molecule has 1 amide bonds. The Balaban J connectivity index is 1.62. The lowest BCUT2D eigenvalue weighted by molar-refractivity contribution is 0.0955. The van der Waals surface area contributed by atoms with Crippen LogP contribution in [0.15, 0.2) is 54.9 Å². The summed E-state index contributed by atoms with van der Waals surface area (Å²) in [5.74, 6) is 0.628. The molecule has 4 rings (SSSR count). The molecule has 0 fully saturated rings. The summed E-state index contributed by atoms with van der Waals surface area (Å²) in [7, 11) is 0. The van der Waals surface area contributed by atoms with E-state index in [0.29, 0.717) is 39.0 Å². The van der Waals surface area contributed by atoms with Gasteiger partial charge in [-0.1, -0.05) is 18.2 Å². The molecule has 4 aromatic rings. The van der Waals surface area contributed by atoms with E-state index in [4.69, 9.17) is 11.5 Å². The molecule has 0 spiro atoms. The fourth-order valence-electron chi connectivity index (χ4n) is 2.63. The molecule has 0 bridgehead atoms. The molecule has 3 aromatic heterocycles. The van der Waals surface area contributed by atoms with Crippen LogP contribution < -0.4 is 16.8 Å². The van der Waals surface area contributed by atoms with Crippen LogP contribution in [0.2, 0.25) is 0 Å². The number of nitrogens with one attached hydrogen (secondary N) is 1. The molecule has 0 aliphatic carbocycles. The van der Waals surface area contributed by atoms with Crippen molar-refractivity contribution in [2.75, 3.05) is 11.5 Å². The minimum absolute atomic E-state index is 0.188. The van der Waals surface area contributed by atoms with E-state index in [9.17, 15) is 4.79 Å². The Kier molecular flexibility index (Phi) is 4.39. The number of nitrogens with zero attached hydrogens (tertiary/aromatic N) is 3. The number of thiophene rings is 1. The van der Waals surface area contributed by atoms with Crippen LogP contribution in [-0.2, 0) is 6.54 Å². The number of fused-ring (bicyclic) bond motifs is 1. The minimum atomic E-state index is -0.188. The number of benzene rings is 1. The number of pyridine rings is 1. The summed E-state index contributed by atoms with van der Waals surface area (Å²) in [5.41, 5.74) is 14.3. The fourth-order valence-corrected chi connectivity index (χ4v) is 3.59. The number of aromatic nitrogens is 3. The van der Waals surface area contributed by atoms with E-state index in [1.54, 1.807) is 30.6 Å². The van der Waals surface area contributed by atoms with Crippen molar-refractivity contribution in [3.63, 3.8) is 0 Å². The zero-order chi connectivity index (χ0) is 18.8. The number of carbonyl (C=O) groups is 1. The third-order valence-electron chi connectivity index (χ3n) is 3.97. The van der Waals surface area contributed by atoms with Gasteiger partial charge in [0.15, 0.2) is 5.82 Å². The van der Waals surface area contributed by atoms with Crippen LogP contribution in [0.4, 0.5) is 11.5 Å². The molecule has 0 aliphatic heterocycles. The Hall–Kier alpha value is -3.52. The van der Waals surface area contributed by atoms with E-state index in [1.165, 1.54) is 11.3 Å². The van der Waals surface area contributed by atoms with Gasteiger partial charge >= 0.3 is 0 Å². The predicted molar refractivity (Wildman–Crippen MR) is 107 cm³/mol.